The average Bonchev–Trinajstić information content (AvgIpc) is 3.33. The summed E-state index contributed by atoms with van der Waals surface area (Å²) in [6, 6.07) is 6.54. The second-order valence-electron chi connectivity index (χ2n) is 5.67. The molecule has 1 aromatic rings. The van der Waals surface area contributed by atoms with E-state index in [1.54, 1.807) is 19.1 Å². The minimum atomic E-state index is -0.293. The van der Waals surface area contributed by atoms with Gasteiger partial charge < -0.3 is 10.1 Å². The van der Waals surface area contributed by atoms with Gasteiger partial charge in [0.2, 0.25) is 5.91 Å². The summed E-state index contributed by atoms with van der Waals surface area (Å²) in [5, 5.41) is 2.84. The third-order valence-electron chi connectivity index (χ3n) is 3.70. The minimum absolute atomic E-state index is 0.108. The van der Waals surface area contributed by atoms with Crippen molar-refractivity contribution >= 4 is 11.9 Å². The number of amides is 1. The van der Waals surface area contributed by atoms with Crippen LogP contribution in [0.2, 0.25) is 0 Å². The van der Waals surface area contributed by atoms with E-state index in [0.29, 0.717) is 25.6 Å². The molecule has 0 bridgehead atoms. The molecular formula is C17H23FN2O3. The van der Waals surface area contributed by atoms with Gasteiger partial charge in [0.15, 0.2) is 0 Å². The molecule has 1 fully saturated rings. The quantitative estimate of drug-likeness (QED) is 0.700. The van der Waals surface area contributed by atoms with Crippen LogP contribution in [0.5, 0.6) is 0 Å². The van der Waals surface area contributed by atoms with Crippen LogP contribution in [0.1, 0.15) is 25.3 Å². The van der Waals surface area contributed by atoms with Crippen molar-refractivity contribution in [3.63, 3.8) is 0 Å². The lowest BCUT2D eigenvalue weighted by Gasteiger charge is -2.20. The number of nitrogens with zero attached hydrogens (tertiary/aromatic N) is 1. The molecule has 0 heterocycles. The molecule has 1 N–H and O–H groups in total. The van der Waals surface area contributed by atoms with E-state index in [1.807, 2.05) is 4.90 Å². The van der Waals surface area contributed by atoms with Crippen molar-refractivity contribution < 1.29 is 18.7 Å². The second-order valence-corrected chi connectivity index (χ2v) is 5.67. The van der Waals surface area contributed by atoms with E-state index in [2.05, 4.69) is 5.32 Å². The first-order valence-electron chi connectivity index (χ1n) is 7.99. The molecule has 2 rings (SSSR count). The molecular weight excluding hydrogens is 299 g/mol. The fraction of sp³-hybridized carbons (Fsp3) is 0.529. The highest BCUT2D eigenvalue weighted by Gasteiger charge is 2.31. The van der Waals surface area contributed by atoms with Gasteiger partial charge in [0.1, 0.15) is 5.82 Å². The fourth-order valence-electron chi connectivity index (χ4n) is 2.36. The molecule has 5 nitrogen and oxygen atoms in total. The molecule has 0 aromatic heterocycles. The van der Waals surface area contributed by atoms with Crippen molar-refractivity contribution in [3.05, 3.63) is 35.6 Å². The number of benzene rings is 1. The summed E-state index contributed by atoms with van der Waals surface area (Å²) in [7, 11) is 0. The highest BCUT2D eigenvalue weighted by atomic mass is 19.1. The van der Waals surface area contributed by atoms with E-state index in [1.165, 1.54) is 12.1 Å². The molecule has 23 heavy (non-hydrogen) atoms. The molecule has 1 amide bonds. The maximum Gasteiger partial charge on any atom is 0.320 e. The summed E-state index contributed by atoms with van der Waals surface area (Å²) >= 11 is 0. The highest BCUT2D eigenvalue weighted by Crippen LogP contribution is 2.26. The lowest BCUT2D eigenvalue weighted by Crippen LogP contribution is -2.41. The molecule has 6 heteroatoms. The average molecular weight is 322 g/mol. The molecule has 0 unspecified atom stereocenters. The van der Waals surface area contributed by atoms with Crippen LogP contribution in [-0.2, 0) is 20.7 Å². The van der Waals surface area contributed by atoms with Gasteiger partial charge in [-0.2, -0.15) is 0 Å². The van der Waals surface area contributed by atoms with Crippen molar-refractivity contribution in [3.8, 4) is 0 Å². The van der Waals surface area contributed by atoms with Gasteiger partial charge in [0, 0.05) is 12.6 Å². The fourth-order valence-corrected chi connectivity index (χ4v) is 2.36. The zero-order valence-electron chi connectivity index (χ0n) is 13.4. The zero-order valence-corrected chi connectivity index (χ0v) is 13.4. The first-order valence-corrected chi connectivity index (χ1v) is 7.99. The van der Waals surface area contributed by atoms with E-state index in [0.717, 1.165) is 18.4 Å². The number of rotatable bonds is 9. The van der Waals surface area contributed by atoms with Crippen molar-refractivity contribution in [1.82, 2.24) is 10.2 Å². The molecule has 1 aromatic carbocycles. The van der Waals surface area contributed by atoms with Crippen molar-refractivity contribution in [1.29, 1.82) is 0 Å². The second kappa shape index (κ2) is 8.62. The Morgan fingerprint density at radius 3 is 2.57 bits per heavy atom. The van der Waals surface area contributed by atoms with Crippen LogP contribution >= 0.6 is 0 Å². The van der Waals surface area contributed by atoms with Crippen LogP contribution in [0.25, 0.3) is 0 Å². The van der Waals surface area contributed by atoms with Gasteiger partial charge >= 0.3 is 5.97 Å². The summed E-state index contributed by atoms with van der Waals surface area (Å²) < 4.78 is 17.7. The number of hydrogen-bond acceptors (Lipinski definition) is 4. The first kappa shape index (κ1) is 17.4. The van der Waals surface area contributed by atoms with Crippen LogP contribution in [0.4, 0.5) is 4.39 Å². The standard InChI is InChI=1S/C17H23FN2O3/c1-2-23-17(22)12-20(15-7-8-15)11-16(21)19-10-9-13-3-5-14(18)6-4-13/h3-6,15H,2,7-12H2,1H3,(H,19,21). The summed E-state index contributed by atoms with van der Waals surface area (Å²) in [6.45, 7) is 2.96. The van der Waals surface area contributed by atoms with Gasteiger partial charge in [-0.1, -0.05) is 12.1 Å². The van der Waals surface area contributed by atoms with Crippen LogP contribution in [0, 0.1) is 5.82 Å². The summed E-state index contributed by atoms with van der Waals surface area (Å²) in [5.74, 6) is -0.668. The summed E-state index contributed by atoms with van der Waals surface area (Å²) in [4.78, 5) is 25.4. The van der Waals surface area contributed by atoms with Gasteiger partial charge in [0.05, 0.1) is 19.7 Å². The van der Waals surface area contributed by atoms with Gasteiger partial charge in [-0.05, 0) is 43.9 Å². The molecule has 0 radical (unpaired) electrons. The molecule has 126 valence electrons. The highest BCUT2D eigenvalue weighted by molar-refractivity contribution is 5.79. The van der Waals surface area contributed by atoms with Crippen LogP contribution < -0.4 is 5.32 Å². The third-order valence-corrected chi connectivity index (χ3v) is 3.70. The predicted octanol–water partition coefficient (Wildman–Crippen LogP) is 1.51. The van der Waals surface area contributed by atoms with Crippen LogP contribution in [0.15, 0.2) is 24.3 Å². The first-order chi connectivity index (χ1) is 11.1. The monoisotopic (exact) mass is 322 g/mol. The van der Waals surface area contributed by atoms with Crippen molar-refractivity contribution in [2.45, 2.75) is 32.2 Å². The Morgan fingerprint density at radius 1 is 1.26 bits per heavy atom. The molecule has 1 saturated carbocycles. The van der Waals surface area contributed by atoms with Crippen molar-refractivity contribution in [2.24, 2.45) is 0 Å². The van der Waals surface area contributed by atoms with Crippen molar-refractivity contribution in [2.75, 3.05) is 26.2 Å². The SMILES string of the molecule is CCOC(=O)CN(CC(=O)NCCc1ccc(F)cc1)C1CC1. The Kier molecular flexibility index (Phi) is 6.52. The number of ether oxygens (including phenoxy) is 1. The summed E-state index contributed by atoms with van der Waals surface area (Å²) in [6.07, 6.45) is 2.68. The molecule has 0 spiro atoms. The summed E-state index contributed by atoms with van der Waals surface area (Å²) in [5.41, 5.74) is 0.970. The van der Waals surface area contributed by atoms with Gasteiger partial charge in [-0.3, -0.25) is 14.5 Å². The molecule has 0 aliphatic heterocycles. The van der Waals surface area contributed by atoms with Gasteiger partial charge in [0.25, 0.3) is 0 Å². The zero-order chi connectivity index (χ0) is 16.7. The molecule has 1 aliphatic carbocycles. The third kappa shape index (κ3) is 6.36. The largest absolute Gasteiger partial charge is 0.465 e. The number of halogens is 1. The number of hydrogen-bond donors (Lipinski definition) is 1. The Morgan fingerprint density at radius 2 is 1.96 bits per heavy atom. The van der Waals surface area contributed by atoms with E-state index >= 15 is 0 Å². The minimum Gasteiger partial charge on any atom is -0.465 e. The van der Waals surface area contributed by atoms with Gasteiger partial charge in [-0.15, -0.1) is 0 Å². The maximum atomic E-state index is 12.8. The normalized spacial score (nSPS) is 13.9. The Balaban J connectivity index is 1.71. The van der Waals surface area contributed by atoms with E-state index in [-0.39, 0.29) is 30.8 Å². The van der Waals surface area contributed by atoms with Crippen LogP contribution in [-0.4, -0.2) is 49.1 Å². The van der Waals surface area contributed by atoms with E-state index in [9.17, 15) is 14.0 Å². The molecule has 0 atom stereocenters. The molecule has 0 saturated heterocycles. The number of nitrogens with one attached hydrogen (secondary N) is 1. The molecule has 1 aliphatic rings. The lowest BCUT2D eigenvalue weighted by molar-refractivity contribution is -0.144. The van der Waals surface area contributed by atoms with Gasteiger partial charge in [-0.25, -0.2) is 4.39 Å². The number of carbonyl (C=O) groups excluding carboxylic acids is 2. The Hall–Kier alpha value is -1.95. The lowest BCUT2D eigenvalue weighted by atomic mass is 10.1. The van der Waals surface area contributed by atoms with E-state index < -0.39 is 0 Å². The Labute approximate surface area is 135 Å². The number of esters is 1. The predicted molar refractivity (Wildman–Crippen MR) is 84.3 cm³/mol. The Bertz CT molecular complexity index is 529. The maximum absolute atomic E-state index is 12.8. The number of carbonyl (C=O) groups is 2. The smallest absolute Gasteiger partial charge is 0.320 e. The van der Waals surface area contributed by atoms with E-state index in [4.69, 9.17) is 4.74 Å². The van der Waals surface area contributed by atoms with Crippen LogP contribution in [0.3, 0.4) is 0 Å². The topological polar surface area (TPSA) is 58.6 Å².